The second-order valence-corrected chi connectivity index (χ2v) is 0. The summed E-state index contributed by atoms with van der Waals surface area (Å²) in [5, 5.41) is 0. The van der Waals surface area contributed by atoms with E-state index in [-0.39, 0.29) is 80.2 Å². The summed E-state index contributed by atoms with van der Waals surface area (Å²) >= 11 is 0. The Kier molecular flexibility index (Phi) is 392. The van der Waals surface area contributed by atoms with Gasteiger partial charge < -0.3 is 11.0 Å². The Bertz CT molecular complexity index is 9.61. The first-order valence-electron chi connectivity index (χ1n) is 0. The van der Waals surface area contributed by atoms with E-state index in [1.165, 1.54) is 0 Å². The molecule has 0 atom stereocenters. The van der Waals surface area contributed by atoms with Gasteiger partial charge in [-0.3, -0.25) is 0 Å². The van der Waals surface area contributed by atoms with E-state index in [0.717, 1.165) is 0 Å². The van der Waals surface area contributed by atoms with Crippen molar-refractivity contribution in [3.8, 4) is 0 Å². The summed E-state index contributed by atoms with van der Waals surface area (Å²) < 4.78 is 0. The van der Waals surface area contributed by atoms with Crippen molar-refractivity contribution in [2.24, 2.45) is 0 Å². The van der Waals surface area contributed by atoms with Crippen LogP contribution >= 0.6 is 0 Å². The number of hydrogen-bond donors (Lipinski definition) is 0. The van der Waals surface area contributed by atoms with Gasteiger partial charge in [0, 0.05) is 19.5 Å². The average Bonchev–Trinajstić information content (AvgIpc) is 0. The van der Waals surface area contributed by atoms with Crippen molar-refractivity contribution in [3.05, 3.63) is 0 Å². The molecule has 0 aromatic rings. The van der Waals surface area contributed by atoms with Crippen LogP contribution in [0.15, 0.2) is 0 Å². The van der Waals surface area contributed by atoms with Gasteiger partial charge in [0.25, 0.3) is 0 Å². The smallest absolute Gasteiger partial charge is 0 e. The molecular formula is H9InO2SnZn. The Labute approximate surface area is 79.2 Å². The largest absolute Gasteiger partial charge is 0 e. The first-order chi connectivity index (χ1) is 0. The Morgan fingerprint density at radius 3 is 0.800 bits per heavy atom. The molecule has 2 radical (unpaired) electrons. The molecule has 0 saturated heterocycles. The van der Waals surface area contributed by atoms with E-state index in [4.69, 9.17) is 0 Å². The molecule has 0 saturated carbocycles. The zero-order valence-corrected chi connectivity index (χ0v) is 9.42. The van der Waals surface area contributed by atoms with Crippen LogP contribution in [-0.4, -0.2) is 60.7 Å². The quantitative estimate of drug-likeness (QED) is 0.407. The SMILES string of the molecule is O.O.[InH3].[SnH2].[Zn]. The van der Waals surface area contributed by atoms with Gasteiger partial charge in [-0.2, -0.15) is 0 Å². The molecule has 0 fully saturated rings. The molecule has 30 valence electrons. The predicted molar refractivity (Wildman–Crippen MR) is 25.7 cm³/mol. The molecule has 0 rings (SSSR count). The molecule has 0 aliphatic carbocycles. The number of rotatable bonds is 0. The third-order valence-electron chi connectivity index (χ3n) is 0. The van der Waals surface area contributed by atoms with Crippen LogP contribution in [0, 0.1) is 0 Å². The van der Waals surface area contributed by atoms with Crippen LogP contribution in [0.1, 0.15) is 0 Å². The van der Waals surface area contributed by atoms with E-state index in [1.54, 1.807) is 0 Å². The van der Waals surface area contributed by atoms with Crippen molar-refractivity contribution < 1.29 is 30.4 Å². The summed E-state index contributed by atoms with van der Waals surface area (Å²) in [4.78, 5) is 0. The molecule has 0 bridgehead atoms. The molecule has 0 aromatic carbocycles. The third-order valence-corrected chi connectivity index (χ3v) is 0. The fraction of sp³-hybridized carbons (Fsp3) is 0. The van der Waals surface area contributed by atoms with Crippen molar-refractivity contribution in [2.45, 2.75) is 0 Å². The summed E-state index contributed by atoms with van der Waals surface area (Å²) in [5.41, 5.74) is 0. The van der Waals surface area contributed by atoms with Gasteiger partial charge in [-0.05, 0) is 0 Å². The van der Waals surface area contributed by atoms with Gasteiger partial charge in [-0.1, -0.05) is 0 Å². The van der Waals surface area contributed by atoms with E-state index in [0.29, 0.717) is 0 Å². The zero-order chi connectivity index (χ0) is 0. The molecule has 0 amide bonds. The maximum absolute atomic E-state index is 0. The predicted octanol–water partition coefficient (Wildman–Crippen LogP) is -3.75. The van der Waals surface area contributed by atoms with Gasteiger partial charge in [0.1, 0.15) is 0 Å². The normalized spacial score (nSPS) is 0. The van der Waals surface area contributed by atoms with Gasteiger partial charge in [-0.25, -0.2) is 0 Å². The Morgan fingerprint density at radius 2 is 0.800 bits per heavy atom. The van der Waals surface area contributed by atoms with E-state index in [9.17, 15) is 0 Å². The molecule has 0 aliphatic rings. The fourth-order valence-electron chi connectivity index (χ4n) is 0. The minimum Gasteiger partial charge on any atom is 0 e. The molecule has 5 heavy (non-hydrogen) atoms. The number of hydrogen-bond acceptors (Lipinski definition) is 0. The average molecular weight is 340 g/mol. The summed E-state index contributed by atoms with van der Waals surface area (Å²) in [6.07, 6.45) is 0. The summed E-state index contributed by atoms with van der Waals surface area (Å²) in [5.74, 6) is 0. The van der Waals surface area contributed by atoms with Crippen LogP contribution in [0.5, 0.6) is 0 Å². The van der Waals surface area contributed by atoms with E-state index < -0.39 is 0 Å². The summed E-state index contributed by atoms with van der Waals surface area (Å²) in [6, 6.07) is 0. The standard InChI is InChI=1S/In.2H2O.Sn.Zn.5H/h;2*1H2;;;;;;;. The minimum atomic E-state index is 0. The maximum atomic E-state index is 0. The van der Waals surface area contributed by atoms with Crippen molar-refractivity contribution in [1.82, 2.24) is 0 Å². The topological polar surface area (TPSA) is 63.0 Å². The van der Waals surface area contributed by atoms with E-state index in [2.05, 4.69) is 0 Å². The molecule has 4 N–H and O–H groups in total. The molecule has 0 spiro atoms. The molecule has 5 heteroatoms. The summed E-state index contributed by atoms with van der Waals surface area (Å²) in [7, 11) is 0. The van der Waals surface area contributed by atoms with Gasteiger partial charge >= 0.3 is 49.8 Å². The molecule has 0 aromatic heterocycles. The molecule has 2 nitrogen and oxygen atoms in total. The van der Waals surface area contributed by atoms with Crippen molar-refractivity contribution >= 4 is 49.8 Å². The van der Waals surface area contributed by atoms with E-state index >= 15 is 0 Å². The Hall–Kier alpha value is 2.21. The van der Waals surface area contributed by atoms with E-state index in [1.807, 2.05) is 0 Å². The second kappa shape index (κ2) is 34.5. The molecule has 0 heterocycles. The molecule has 0 unspecified atom stereocenters. The zero-order valence-electron chi connectivity index (χ0n) is 2.41. The van der Waals surface area contributed by atoms with Crippen molar-refractivity contribution in [1.29, 1.82) is 0 Å². The van der Waals surface area contributed by atoms with Crippen LogP contribution in [-0.2, 0) is 19.5 Å². The first-order valence-corrected chi connectivity index (χ1v) is 0. The minimum absolute atomic E-state index is 0. The fourth-order valence-corrected chi connectivity index (χ4v) is 0. The van der Waals surface area contributed by atoms with Crippen LogP contribution in [0.25, 0.3) is 0 Å². The van der Waals surface area contributed by atoms with Gasteiger partial charge in [0.05, 0.1) is 0 Å². The molecule has 0 aliphatic heterocycles. The van der Waals surface area contributed by atoms with Crippen LogP contribution < -0.4 is 0 Å². The summed E-state index contributed by atoms with van der Waals surface area (Å²) in [6.45, 7) is 0. The maximum Gasteiger partial charge on any atom is 0 e. The van der Waals surface area contributed by atoms with Gasteiger partial charge in [0.15, 0.2) is 0 Å². The molecular weight excluding hydrogens is 331 g/mol. The van der Waals surface area contributed by atoms with Crippen LogP contribution in [0.2, 0.25) is 0 Å². The van der Waals surface area contributed by atoms with Crippen molar-refractivity contribution in [3.63, 3.8) is 0 Å². The van der Waals surface area contributed by atoms with Gasteiger partial charge in [0.2, 0.25) is 0 Å². The Morgan fingerprint density at radius 1 is 0.800 bits per heavy atom. The Balaban J connectivity index is 0. The van der Waals surface area contributed by atoms with Gasteiger partial charge in [-0.15, -0.1) is 0 Å². The van der Waals surface area contributed by atoms with Crippen molar-refractivity contribution in [2.75, 3.05) is 0 Å². The van der Waals surface area contributed by atoms with Crippen LogP contribution in [0.4, 0.5) is 0 Å². The first kappa shape index (κ1) is 56.9. The third kappa shape index (κ3) is 22.5. The van der Waals surface area contributed by atoms with Crippen LogP contribution in [0.3, 0.4) is 0 Å². The second-order valence-electron chi connectivity index (χ2n) is 0. The monoisotopic (exact) mass is 340 g/mol.